The van der Waals surface area contributed by atoms with E-state index in [4.69, 9.17) is 18.9 Å². The van der Waals surface area contributed by atoms with Crippen LogP contribution in [0, 0.1) is 17.5 Å². The molecular formula is C53H68N6O14. The first kappa shape index (κ1) is 56.7. The summed E-state index contributed by atoms with van der Waals surface area (Å²) in [4.78, 5) is 117. The van der Waals surface area contributed by atoms with Crippen LogP contribution in [-0.2, 0) is 49.5 Å². The number of nitrogens with one attached hydrogen (secondary N) is 5. The summed E-state index contributed by atoms with van der Waals surface area (Å²) in [6.45, 7) is 7.29. The van der Waals surface area contributed by atoms with Crippen molar-refractivity contribution in [2.24, 2.45) is 5.41 Å². The van der Waals surface area contributed by atoms with E-state index < -0.39 is 75.9 Å². The van der Waals surface area contributed by atoms with Gasteiger partial charge in [0.25, 0.3) is 17.7 Å². The number of carbonyl (C=O) groups excluding carboxylic acids is 9. The molecule has 2 aliphatic rings. The van der Waals surface area contributed by atoms with Gasteiger partial charge in [0.15, 0.2) is 24.1 Å². The van der Waals surface area contributed by atoms with Crippen molar-refractivity contribution in [3.05, 3.63) is 88.1 Å². The summed E-state index contributed by atoms with van der Waals surface area (Å²) in [6, 6.07) is 14.6. The van der Waals surface area contributed by atoms with E-state index in [1.807, 2.05) is 19.1 Å². The number of ketones is 1. The van der Waals surface area contributed by atoms with Gasteiger partial charge in [-0.3, -0.25) is 43.9 Å². The number of rotatable bonds is 25. The highest BCUT2D eigenvalue weighted by Gasteiger charge is 2.41. The zero-order valence-electron chi connectivity index (χ0n) is 42.5. The Morgan fingerprint density at radius 1 is 0.849 bits per heavy atom. The van der Waals surface area contributed by atoms with E-state index in [0.29, 0.717) is 86.2 Å². The van der Waals surface area contributed by atoms with Crippen molar-refractivity contribution in [3.63, 3.8) is 0 Å². The number of likely N-dealkylation sites (tertiary alicyclic amines) is 1. The number of piperidine rings is 2. The van der Waals surface area contributed by atoms with E-state index in [1.54, 1.807) is 64.3 Å². The maximum atomic E-state index is 14.0. The third-order valence-electron chi connectivity index (χ3n) is 13.2. The first-order chi connectivity index (χ1) is 34.9. The molecule has 3 aromatic rings. The number of carbonyl (C=O) groups is 9. The van der Waals surface area contributed by atoms with Crippen molar-refractivity contribution < 1.29 is 67.2 Å². The lowest BCUT2D eigenvalue weighted by Gasteiger charge is -2.36. The molecule has 2 fully saturated rings. The zero-order chi connectivity index (χ0) is 53.2. The SMILES string of the molecule is CCC(C)(C)C(=O)C(=O)N1CCCCC1C(=O)OC(CCc1ccc(OC)c(OC)c1)c1cccc(NC(=O)CCC(=O)NCCCCNC(=O)COc2cccc(C(=O)[NH+]([O-])C3CCC(=O)NC3=O)c2C)c1. The fourth-order valence-electron chi connectivity index (χ4n) is 8.35. The molecule has 20 nitrogen and oxygen atoms in total. The predicted molar refractivity (Wildman–Crippen MR) is 266 cm³/mol. The molecule has 394 valence electrons. The summed E-state index contributed by atoms with van der Waals surface area (Å²) in [5.41, 5.74) is 1.34. The van der Waals surface area contributed by atoms with Crippen LogP contribution in [0.1, 0.15) is 125 Å². The molecule has 0 aliphatic carbocycles. The molecule has 4 unspecified atom stereocenters. The number of Topliss-reactive ketones (excluding diaryl/α,β-unsaturated/α-hetero) is 1. The molecule has 5 N–H and O–H groups in total. The van der Waals surface area contributed by atoms with Crippen molar-refractivity contribution in [1.82, 2.24) is 20.9 Å². The molecular weight excluding hydrogens is 945 g/mol. The second kappa shape index (κ2) is 27.0. The Morgan fingerprint density at radius 3 is 2.25 bits per heavy atom. The lowest BCUT2D eigenvalue weighted by molar-refractivity contribution is -0.777. The van der Waals surface area contributed by atoms with Crippen molar-refractivity contribution in [2.75, 3.05) is 45.8 Å². The highest BCUT2D eigenvalue weighted by atomic mass is 16.5. The van der Waals surface area contributed by atoms with E-state index in [0.717, 1.165) is 5.56 Å². The normalized spacial score (nSPS) is 16.5. The summed E-state index contributed by atoms with van der Waals surface area (Å²) in [5, 5.41) is 22.3. The quantitative estimate of drug-likeness (QED) is 0.0266. The standard InChI is InChI=1S/C53H68N6O14/c1-7-53(3,4)48(64)51(67)58-29-11-8-17-39(58)52(68)73-41(22-19-34-20-23-42(70-5)43(30-34)71-6)35-14-12-15-36(31-35)56-45(61)26-25-44(60)54-27-9-10-28-55-47(63)32-72-40-18-13-16-37(33(40)2)50(66)59(69)38-21-24-46(62)57-49(38)65/h12-16,18,20,23,30-31,38-39,41,59H,7-11,17,19,21-22,24-29,32H2,1-6H3,(H,54,60)(H,55,63)(H,56,61)(H,57,62,65). The molecule has 4 atom stereocenters. The fourth-order valence-corrected chi connectivity index (χ4v) is 8.35. The van der Waals surface area contributed by atoms with E-state index in [2.05, 4.69) is 21.3 Å². The van der Waals surface area contributed by atoms with E-state index in [1.165, 1.54) is 24.1 Å². The van der Waals surface area contributed by atoms with Gasteiger partial charge in [0.2, 0.25) is 23.5 Å². The van der Waals surface area contributed by atoms with Gasteiger partial charge < -0.3 is 45.0 Å². The summed E-state index contributed by atoms with van der Waals surface area (Å²) >= 11 is 0. The minimum Gasteiger partial charge on any atom is -0.626 e. The number of hydroxylamine groups is 2. The average molecular weight is 1010 g/mol. The molecule has 7 amide bonds. The molecule has 0 saturated carbocycles. The average Bonchev–Trinajstić information content (AvgIpc) is 3.38. The van der Waals surface area contributed by atoms with Crippen LogP contribution in [0.15, 0.2) is 60.7 Å². The smallest absolute Gasteiger partial charge is 0.345 e. The van der Waals surface area contributed by atoms with Crippen LogP contribution in [0.25, 0.3) is 0 Å². The van der Waals surface area contributed by atoms with Gasteiger partial charge in [0.1, 0.15) is 17.9 Å². The first-order valence-electron chi connectivity index (χ1n) is 24.7. The highest BCUT2D eigenvalue weighted by molar-refractivity contribution is 6.38. The van der Waals surface area contributed by atoms with Gasteiger partial charge in [-0.2, -0.15) is 0 Å². The number of ether oxygens (including phenoxy) is 4. The number of hydrogen-bond donors (Lipinski definition) is 5. The molecule has 0 aromatic heterocycles. The van der Waals surface area contributed by atoms with Crippen molar-refractivity contribution in [2.45, 2.75) is 123 Å². The summed E-state index contributed by atoms with van der Waals surface area (Å²) in [7, 11) is 3.08. The number of esters is 1. The van der Waals surface area contributed by atoms with Crippen LogP contribution in [0.4, 0.5) is 5.69 Å². The Bertz CT molecular complexity index is 2510. The number of quaternary nitrogens is 1. The Balaban J connectivity index is 1.08. The fraction of sp³-hybridized carbons (Fsp3) is 0.491. The lowest BCUT2D eigenvalue weighted by Crippen LogP contribution is -3.15. The monoisotopic (exact) mass is 1010 g/mol. The van der Waals surface area contributed by atoms with Gasteiger partial charge in [0.05, 0.1) is 19.8 Å². The number of methoxy groups -OCH3 is 2. The molecule has 0 radical (unpaired) electrons. The summed E-state index contributed by atoms with van der Waals surface area (Å²) in [6.07, 6.45) is 2.85. The van der Waals surface area contributed by atoms with Crippen LogP contribution in [-0.4, -0.2) is 111 Å². The Kier molecular flexibility index (Phi) is 21.0. The number of aryl methyl sites for hydroxylation is 1. The predicted octanol–water partition coefficient (Wildman–Crippen LogP) is 3.75. The Morgan fingerprint density at radius 2 is 1.55 bits per heavy atom. The van der Waals surface area contributed by atoms with E-state index >= 15 is 0 Å². The second-order valence-electron chi connectivity index (χ2n) is 18.7. The minimum absolute atomic E-state index is 0.0254. The number of benzene rings is 3. The number of anilines is 1. The van der Waals surface area contributed by atoms with E-state index in [-0.39, 0.29) is 62.6 Å². The lowest BCUT2D eigenvalue weighted by atomic mass is 9.84. The minimum atomic E-state index is -1.26. The summed E-state index contributed by atoms with van der Waals surface area (Å²) in [5.74, 6) is -3.96. The second-order valence-corrected chi connectivity index (χ2v) is 18.7. The topological polar surface area (TPSA) is 269 Å². The number of amides is 7. The van der Waals surface area contributed by atoms with Crippen molar-refractivity contribution in [3.8, 4) is 17.2 Å². The van der Waals surface area contributed by atoms with Crippen molar-refractivity contribution >= 4 is 58.8 Å². The van der Waals surface area contributed by atoms with Crippen LogP contribution < -0.4 is 40.5 Å². The van der Waals surface area contributed by atoms with Gasteiger partial charge in [-0.1, -0.05) is 45.0 Å². The largest absolute Gasteiger partial charge is 0.626 e. The third kappa shape index (κ3) is 15.9. The van der Waals surface area contributed by atoms with Gasteiger partial charge in [0, 0.05) is 62.0 Å². The molecule has 2 aliphatic heterocycles. The van der Waals surface area contributed by atoms with Crippen molar-refractivity contribution in [1.29, 1.82) is 0 Å². The molecule has 3 aromatic carbocycles. The van der Waals surface area contributed by atoms with Gasteiger partial charge in [-0.15, -0.1) is 0 Å². The van der Waals surface area contributed by atoms with Crippen LogP contribution in [0.5, 0.6) is 17.2 Å². The molecule has 2 heterocycles. The molecule has 0 bridgehead atoms. The van der Waals surface area contributed by atoms with Crippen LogP contribution in [0.3, 0.4) is 0 Å². The number of hydrogen-bond acceptors (Lipinski definition) is 14. The first-order valence-corrected chi connectivity index (χ1v) is 24.7. The van der Waals surface area contributed by atoms with Crippen LogP contribution in [0.2, 0.25) is 0 Å². The third-order valence-corrected chi connectivity index (χ3v) is 13.2. The number of imide groups is 1. The number of nitrogens with zero attached hydrogens (tertiary/aromatic N) is 1. The molecule has 20 heteroatoms. The maximum Gasteiger partial charge on any atom is 0.345 e. The van der Waals surface area contributed by atoms with Crippen LogP contribution >= 0.6 is 0 Å². The highest BCUT2D eigenvalue weighted by Crippen LogP contribution is 2.33. The molecule has 5 rings (SSSR count). The van der Waals surface area contributed by atoms with Gasteiger partial charge in [-0.05, 0) is 106 Å². The van der Waals surface area contributed by atoms with E-state index in [9.17, 15) is 48.4 Å². The summed E-state index contributed by atoms with van der Waals surface area (Å²) < 4.78 is 22.7. The maximum absolute atomic E-state index is 14.0. The molecule has 0 spiro atoms. The Labute approximate surface area is 425 Å². The zero-order valence-corrected chi connectivity index (χ0v) is 42.5. The number of unbranched alkanes of at least 4 members (excludes halogenated alkanes) is 1. The van der Waals surface area contributed by atoms with Gasteiger partial charge in [-0.25, -0.2) is 9.59 Å². The molecule has 73 heavy (non-hydrogen) atoms. The van der Waals surface area contributed by atoms with Gasteiger partial charge >= 0.3 is 11.9 Å². The molecule has 2 saturated heterocycles. The Hall–Kier alpha value is -7.19.